The van der Waals surface area contributed by atoms with Crippen LogP contribution < -0.4 is 9.47 Å². The maximum Gasteiger partial charge on any atom is 0.263 e. The Hall–Kier alpha value is -1.75. The van der Waals surface area contributed by atoms with Gasteiger partial charge in [-0.25, -0.2) is 0 Å². The minimum atomic E-state index is -0.465. The Morgan fingerprint density at radius 2 is 2.28 bits per heavy atom. The van der Waals surface area contributed by atoms with Gasteiger partial charge >= 0.3 is 0 Å². The Kier molecular flexibility index (Phi) is 3.72. The molecule has 1 atom stereocenters. The number of nitrogens with zero attached hydrogens (tertiary/aromatic N) is 1. The van der Waals surface area contributed by atoms with Crippen LogP contribution in [0.15, 0.2) is 18.2 Å². The highest BCUT2D eigenvalue weighted by molar-refractivity contribution is 5.83. The number of amides is 1. The van der Waals surface area contributed by atoms with Crippen molar-refractivity contribution < 1.29 is 19.4 Å². The molecule has 2 rings (SSSR count). The number of carbonyl (C=O) groups is 1. The van der Waals surface area contributed by atoms with Gasteiger partial charge in [0.05, 0.1) is 13.7 Å². The van der Waals surface area contributed by atoms with E-state index in [1.807, 2.05) is 0 Å². The van der Waals surface area contributed by atoms with Gasteiger partial charge in [-0.1, -0.05) is 0 Å². The van der Waals surface area contributed by atoms with Gasteiger partial charge in [-0.2, -0.15) is 0 Å². The van der Waals surface area contributed by atoms with Gasteiger partial charge in [-0.15, -0.1) is 0 Å². The smallest absolute Gasteiger partial charge is 0.263 e. The molecule has 1 aliphatic rings. The fourth-order valence-corrected chi connectivity index (χ4v) is 1.96. The molecule has 0 bridgehead atoms. The molecule has 1 aliphatic heterocycles. The van der Waals surface area contributed by atoms with E-state index in [0.29, 0.717) is 30.0 Å². The van der Waals surface area contributed by atoms with Crippen molar-refractivity contribution in [3.05, 3.63) is 23.8 Å². The van der Waals surface area contributed by atoms with Crippen molar-refractivity contribution >= 4 is 5.91 Å². The highest BCUT2D eigenvalue weighted by Gasteiger charge is 2.31. The molecule has 1 amide bonds. The van der Waals surface area contributed by atoms with Crippen molar-refractivity contribution in [1.82, 2.24) is 4.90 Å². The molecule has 98 valence electrons. The molecule has 0 aromatic heterocycles. The van der Waals surface area contributed by atoms with E-state index in [4.69, 9.17) is 9.47 Å². The molecular weight excluding hydrogens is 234 g/mol. The first-order valence-corrected chi connectivity index (χ1v) is 5.85. The molecular formula is C13H17NO4. The number of methoxy groups -OCH3 is 1. The summed E-state index contributed by atoms with van der Waals surface area (Å²) in [6.45, 7) is 0.567. The molecule has 1 heterocycles. The van der Waals surface area contributed by atoms with Crippen molar-refractivity contribution in [2.75, 3.05) is 20.7 Å². The highest BCUT2D eigenvalue weighted by atomic mass is 16.5. The molecule has 1 saturated heterocycles. The van der Waals surface area contributed by atoms with Crippen molar-refractivity contribution in [3.63, 3.8) is 0 Å². The number of benzene rings is 1. The summed E-state index contributed by atoms with van der Waals surface area (Å²) in [6, 6.07) is 5.18. The summed E-state index contributed by atoms with van der Waals surface area (Å²) < 4.78 is 10.8. The minimum absolute atomic E-state index is 0.0262. The molecule has 0 aliphatic carbocycles. The standard InChI is InChI=1S/C13H17NO4/c1-14-6-5-11(13(14)16)18-12-7-10(17-2)4-3-9(12)8-15/h3-4,7,11,15H,5-6,8H2,1-2H3. The van der Waals surface area contributed by atoms with Crippen LogP contribution in [0.3, 0.4) is 0 Å². The van der Waals surface area contributed by atoms with E-state index in [-0.39, 0.29) is 12.5 Å². The van der Waals surface area contributed by atoms with Crippen LogP contribution in [-0.2, 0) is 11.4 Å². The van der Waals surface area contributed by atoms with Gasteiger partial charge in [-0.3, -0.25) is 4.79 Å². The predicted molar refractivity (Wildman–Crippen MR) is 65.6 cm³/mol. The van der Waals surface area contributed by atoms with Gasteiger partial charge in [0.15, 0.2) is 6.10 Å². The summed E-state index contributed by atoms with van der Waals surface area (Å²) in [5.74, 6) is 1.12. The van der Waals surface area contributed by atoms with Crippen LogP contribution in [-0.4, -0.2) is 42.7 Å². The van der Waals surface area contributed by atoms with Crippen LogP contribution in [0.5, 0.6) is 11.5 Å². The monoisotopic (exact) mass is 251 g/mol. The van der Waals surface area contributed by atoms with Crippen molar-refractivity contribution in [1.29, 1.82) is 0 Å². The zero-order valence-corrected chi connectivity index (χ0v) is 10.5. The Morgan fingerprint density at radius 3 is 2.83 bits per heavy atom. The minimum Gasteiger partial charge on any atom is -0.497 e. The number of aliphatic hydroxyl groups excluding tert-OH is 1. The Morgan fingerprint density at radius 1 is 1.50 bits per heavy atom. The lowest BCUT2D eigenvalue weighted by atomic mass is 10.2. The average Bonchev–Trinajstić information content (AvgIpc) is 2.70. The maximum atomic E-state index is 11.8. The average molecular weight is 251 g/mol. The Bertz CT molecular complexity index is 447. The summed E-state index contributed by atoms with van der Waals surface area (Å²) in [5.41, 5.74) is 0.651. The normalized spacial score (nSPS) is 19.2. The third kappa shape index (κ3) is 2.41. The summed E-state index contributed by atoms with van der Waals surface area (Å²) >= 11 is 0. The number of likely N-dealkylation sites (N-methyl/N-ethyl adjacent to an activating group) is 1. The van der Waals surface area contributed by atoms with Gasteiger partial charge < -0.3 is 19.5 Å². The topological polar surface area (TPSA) is 59.0 Å². The summed E-state index contributed by atoms with van der Waals surface area (Å²) in [5, 5.41) is 9.26. The van der Waals surface area contributed by atoms with Crippen molar-refractivity contribution in [3.8, 4) is 11.5 Å². The van der Waals surface area contributed by atoms with E-state index < -0.39 is 6.10 Å². The third-order valence-electron chi connectivity index (χ3n) is 3.09. The van der Waals surface area contributed by atoms with Gasteiger partial charge in [0.1, 0.15) is 11.5 Å². The van der Waals surface area contributed by atoms with E-state index in [1.54, 1.807) is 37.3 Å². The van der Waals surface area contributed by atoms with Gasteiger partial charge in [0, 0.05) is 31.6 Å². The van der Waals surface area contributed by atoms with E-state index in [0.717, 1.165) is 0 Å². The zero-order chi connectivity index (χ0) is 13.1. The quantitative estimate of drug-likeness (QED) is 0.859. The number of rotatable bonds is 4. The lowest BCUT2D eigenvalue weighted by Gasteiger charge is -2.16. The number of hydrogen-bond acceptors (Lipinski definition) is 4. The molecule has 1 fully saturated rings. The van der Waals surface area contributed by atoms with Crippen LogP contribution in [0.25, 0.3) is 0 Å². The first-order valence-electron chi connectivity index (χ1n) is 5.85. The summed E-state index contributed by atoms with van der Waals surface area (Å²) in [4.78, 5) is 13.4. The summed E-state index contributed by atoms with van der Waals surface area (Å²) in [7, 11) is 3.32. The largest absolute Gasteiger partial charge is 0.497 e. The molecule has 5 nitrogen and oxygen atoms in total. The SMILES string of the molecule is COc1ccc(CO)c(OC2CCN(C)C2=O)c1. The van der Waals surface area contributed by atoms with Crippen LogP contribution in [0.2, 0.25) is 0 Å². The summed E-state index contributed by atoms with van der Waals surface area (Å²) in [6.07, 6.45) is 0.199. The molecule has 1 aromatic rings. The molecule has 18 heavy (non-hydrogen) atoms. The maximum absolute atomic E-state index is 11.8. The first-order chi connectivity index (χ1) is 8.65. The van der Waals surface area contributed by atoms with E-state index in [2.05, 4.69) is 0 Å². The highest BCUT2D eigenvalue weighted by Crippen LogP contribution is 2.27. The van der Waals surface area contributed by atoms with Crippen LogP contribution in [0, 0.1) is 0 Å². The van der Waals surface area contributed by atoms with Crippen LogP contribution in [0.4, 0.5) is 0 Å². The fourth-order valence-electron chi connectivity index (χ4n) is 1.96. The fraction of sp³-hybridized carbons (Fsp3) is 0.462. The second-order valence-corrected chi connectivity index (χ2v) is 4.29. The lowest BCUT2D eigenvalue weighted by molar-refractivity contribution is -0.132. The Balaban J connectivity index is 2.19. The Labute approximate surface area is 106 Å². The van der Waals surface area contributed by atoms with E-state index in [9.17, 15) is 9.90 Å². The van der Waals surface area contributed by atoms with Crippen molar-refractivity contribution in [2.24, 2.45) is 0 Å². The second-order valence-electron chi connectivity index (χ2n) is 4.29. The number of ether oxygens (including phenoxy) is 2. The molecule has 5 heteroatoms. The van der Waals surface area contributed by atoms with Gasteiger partial charge in [0.2, 0.25) is 0 Å². The first kappa shape index (κ1) is 12.7. The van der Waals surface area contributed by atoms with Crippen molar-refractivity contribution in [2.45, 2.75) is 19.1 Å². The number of likely N-dealkylation sites (tertiary alicyclic amines) is 1. The van der Waals surface area contributed by atoms with Gasteiger partial charge in [0.25, 0.3) is 5.91 Å². The molecule has 1 aromatic carbocycles. The second kappa shape index (κ2) is 5.27. The number of hydrogen-bond donors (Lipinski definition) is 1. The predicted octanol–water partition coefficient (Wildman–Crippen LogP) is 0.797. The number of carbonyl (C=O) groups excluding carboxylic acids is 1. The molecule has 0 saturated carbocycles. The molecule has 0 radical (unpaired) electrons. The van der Waals surface area contributed by atoms with Crippen LogP contribution >= 0.6 is 0 Å². The third-order valence-corrected chi connectivity index (χ3v) is 3.09. The zero-order valence-electron chi connectivity index (χ0n) is 10.5. The molecule has 0 spiro atoms. The lowest BCUT2D eigenvalue weighted by Crippen LogP contribution is -2.29. The van der Waals surface area contributed by atoms with E-state index in [1.165, 1.54) is 0 Å². The number of aliphatic hydroxyl groups is 1. The van der Waals surface area contributed by atoms with E-state index >= 15 is 0 Å². The van der Waals surface area contributed by atoms with Crippen LogP contribution in [0.1, 0.15) is 12.0 Å². The van der Waals surface area contributed by atoms with Gasteiger partial charge in [-0.05, 0) is 12.1 Å². The molecule has 1 N–H and O–H groups in total. The molecule has 1 unspecified atom stereocenters.